The summed E-state index contributed by atoms with van der Waals surface area (Å²) in [6, 6.07) is 15.4. The zero-order valence-electron chi connectivity index (χ0n) is 14.7. The fourth-order valence-corrected chi connectivity index (χ4v) is 3.24. The van der Waals surface area contributed by atoms with Gasteiger partial charge in [0.15, 0.2) is 5.16 Å². The van der Waals surface area contributed by atoms with Crippen LogP contribution in [0.4, 0.5) is 5.69 Å². The van der Waals surface area contributed by atoms with Crippen LogP contribution in [0.25, 0.3) is 5.69 Å². The first-order valence-electron chi connectivity index (χ1n) is 8.26. The molecule has 1 N–H and O–H groups in total. The number of hydrogen-bond donors (Lipinski definition) is 1. The normalized spacial score (nSPS) is 10.5. The number of carbonyl (C=O) groups is 1. The van der Waals surface area contributed by atoms with Gasteiger partial charge in [0.2, 0.25) is 5.91 Å². The van der Waals surface area contributed by atoms with Crippen molar-refractivity contribution in [2.45, 2.75) is 18.5 Å². The van der Waals surface area contributed by atoms with Crippen LogP contribution in [0.15, 0.2) is 60.0 Å². The molecule has 0 unspecified atom stereocenters. The van der Waals surface area contributed by atoms with Gasteiger partial charge >= 0.3 is 0 Å². The van der Waals surface area contributed by atoms with Crippen LogP contribution >= 0.6 is 11.8 Å². The van der Waals surface area contributed by atoms with E-state index in [9.17, 15) is 4.79 Å². The number of ether oxygens (including phenoxy) is 1. The molecule has 0 spiro atoms. The Labute approximate surface area is 156 Å². The number of hydrogen-bond acceptors (Lipinski definition) is 5. The number of methoxy groups -OCH3 is 1. The van der Waals surface area contributed by atoms with Crippen LogP contribution in [0.3, 0.4) is 0 Å². The van der Waals surface area contributed by atoms with E-state index < -0.39 is 0 Å². The first-order chi connectivity index (χ1) is 12.7. The van der Waals surface area contributed by atoms with E-state index in [4.69, 9.17) is 4.74 Å². The van der Waals surface area contributed by atoms with Crippen LogP contribution in [-0.2, 0) is 11.2 Å². The summed E-state index contributed by atoms with van der Waals surface area (Å²) in [5, 5.41) is 11.7. The molecule has 7 heteroatoms. The number of carbonyl (C=O) groups excluding carboxylic acids is 1. The molecular formula is C19H20N4O2S. The number of benzene rings is 2. The molecule has 0 bridgehead atoms. The highest BCUT2D eigenvalue weighted by molar-refractivity contribution is 7.99. The van der Waals surface area contributed by atoms with E-state index in [2.05, 4.69) is 22.4 Å². The van der Waals surface area contributed by atoms with Gasteiger partial charge in [-0.05, 0) is 42.3 Å². The van der Waals surface area contributed by atoms with Gasteiger partial charge in [0, 0.05) is 11.4 Å². The van der Waals surface area contributed by atoms with Crippen molar-refractivity contribution in [2.24, 2.45) is 0 Å². The molecule has 2 aromatic carbocycles. The summed E-state index contributed by atoms with van der Waals surface area (Å²) < 4.78 is 7.02. The third-order valence-corrected chi connectivity index (χ3v) is 4.81. The quantitative estimate of drug-likeness (QED) is 0.646. The number of nitrogens with zero attached hydrogens (tertiary/aromatic N) is 3. The van der Waals surface area contributed by atoms with Crippen molar-refractivity contribution in [3.05, 3.63) is 60.4 Å². The maximum Gasteiger partial charge on any atom is 0.234 e. The predicted octanol–water partition coefficient (Wildman–Crippen LogP) is 3.57. The largest absolute Gasteiger partial charge is 0.497 e. The molecular weight excluding hydrogens is 348 g/mol. The molecule has 6 nitrogen and oxygen atoms in total. The van der Waals surface area contributed by atoms with Crippen molar-refractivity contribution in [3.63, 3.8) is 0 Å². The SMILES string of the molecule is CCc1ccccc1NC(=O)CSc1nncn1-c1ccc(OC)cc1. The molecule has 0 atom stereocenters. The van der Waals surface area contributed by atoms with Crippen LogP contribution in [0, 0.1) is 0 Å². The molecule has 1 heterocycles. The second kappa shape index (κ2) is 8.53. The van der Waals surface area contributed by atoms with Crippen molar-refractivity contribution in [2.75, 3.05) is 18.2 Å². The second-order valence-electron chi connectivity index (χ2n) is 5.53. The Morgan fingerprint density at radius 2 is 1.96 bits per heavy atom. The minimum Gasteiger partial charge on any atom is -0.497 e. The fraction of sp³-hybridized carbons (Fsp3) is 0.211. The van der Waals surface area contributed by atoms with E-state index in [1.807, 2.05) is 53.1 Å². The maximum absolute atomic E-state index is 12.3. The number of anilines is 1. The van der Waals surface area contributed by atoms with E-state index in [0.29, 0.717) is 5.16 Å². The van der Waals surface area contributed by atoms with Crippen LogP contribution in [0.5, 0.6) is 5.75 Å². The Morgan fingerprint density at radius 3 is 2.69 bits per heavy atom. The number of nitrogens with one attached hydrogen (secondary N) is 1. The molecule has 3 rings (SSSR count). The van der Waals surface area contributed by atoms with E-state index >= 15 is 0 Å². The van der Waals surface area contributed by atoms with Gasteiger partial charge in [0.25, 0.3) is 0 Å². The molecule has 26 heavy (non-hydrogen) atoms. The standard InChI is InChI=1S/C19H20N4O2S/c1-3-14-6-4-5-7-17(14)21-18(24)12-26-19-22-20-13-23(19)15-8-10-16(25-2)11-9-15/h4-11,13H,3,12H2,1-2H3,(H,21,24). The topological polar surface area (TPSA) is 69.0 Å². The minimum absolute atomic E-state index is 0.0693. The van der Waals surface area contributed by atoms with Gasteiger partial charge in [-0.1, -0.05) is 36.9 Å². The van der Waals surface area contributed by atoms with Crippen molar-refractivity contribution in [3.8, 4) is 11.4 Å². The Hall–Kier alpha value is -2.80. The van der Waals surface area contributed by atoms with Gasteiger partial charge in [0.1, 0.15) is 12.1 Å². The van der Waals surface area contributed by atoms with Gasteiger partial charge in [-0.2, -0.15) is 0 Å². The summed E-state index contributed by atoms with van der Waals surface area (Å²) in [4.78, 5) is 12.3. The number of amides is 1. The smallest absolute Gasteiger partial charge is 0.234 e. The zero-order valence-corrected chi connectivity index (χ0v) is 15.5. The van der Waals surface area contributed by atoms with Crippen molar-refractivity contribution in [1.29, 1.82) is 0 Å². The maximum atomic E-state index is 12.3. The molecule has 0 fully saturated rings. The Kier molecular flexibility index (Phi) is 5.91. The Bertz CT molecular complexity index is 877. The van der Waals surface area contributed by atoms with E-state index in [0.717, 1.165) is 29.1 Å². The first-order valence-corrected chi connectivity index (χ1v) is 9.25. The average Bonchev–Trinajstić information content (AvgIpc) is 3.15. The van der Waals surface area contributed by atoms with Crippen molar-refractivity contribution >= 4 is 23.4 Å². The van der Waals surface area contributed by atoms with Gasteiger partial charge < -0.3 is 10.1 Å². The fourth-order valence-electron chi connectivity index (χ4n) is 2.51. The van der Waals surface area contributed by atoms with E-state index in [1.165, 1.54) is 11.8 Å². The molecule has 0 aliphatic carbocycles. The second-order valence-corrected chi connectivity index (χ2v) is 6.47. The van der Waals surface area contributed by atoms with Gasteiger partial charge in [-0.3, -0.25) is 9.36 Å². The molecule has 134 valence electrons. The molecule has 0 aliphatic rings. The lowest BCUT2D eigenvalue weighted by Crippen LogP contribution is -2.15. The summed E-state index contributed by atoms with van der Waals surface area (Å²) in [7, 11) is 1.63. The predicted molar refractivity (Wildman–Crippen MR) is 103 cm³/mol. The highest BCUT2D eigenvalue weighted by Crippen LogP contribution is 2.22. The van der Waals surface area contributed by atoms with Crippen molar-refractivity contribution in [1.82, 2.24) is 14.8 Å². The van der Waals surface area contributed by atoms with Gasteiger partial charge in [0.05, 0.1) is 12.9 Å². The highest BCUT2D eigenvalue weighted by atomic mass is 32.2. The van der Waals surface area contributed by atoms with Crippen LogP contribution in [0.1, 0.15) is 12.5 Å². The number of rotatable bonds is 7. The van der Waals surface area contributed by atoms with Gasteiger partial charge in [-0.25, -0.2) is 0 Å². The van der Waals surface area contributed by atoms with Crippen molar-refractivity contribution < 1.29 is 9.53 Å². The molecule has 0 saturated carbocycles. The third kappa shape index (κ3) is 4.23. The summed E-state index contributed by atoms with van der Waals surface area (Å²) in [6.07, 6.45) is 2.50. The van der Waals surface area contributed by atoms with Crippen LogP contribution in [-0.4, -0.2) is 33.5 Å². The monoisotopic (exact) mass is 368 g/mol. The summed E-state index contributed by atoms with van der Waals surface area (Å²) >= 11 is 1.35. The van der Waals surface area contributed by atoms with Gasteiger partial charge in [-0.15, -0.1) is 10.2 Å². The van der Waals surface area contributed by atoms with Crippen LogP contribution in [0.2, 0.25) is 0 Å². The number of thioether (sulfide) groups is 1. The Balaban J connectivity index is 1.65. The molecule has 1 aromatic heterocycles. The highest BCUT2D eigenvalue weighted by Gasteiger charge is 2.11. The average molecular weight is 368 g/mol. The number of aryl methyl sites for hydroxylation is 1. The lowest BCUT2D eigenvalue weighted by atomic mass is 10.1. The molecule has 1 amide bonds. The van der Waals surface area contributed by atoms with Crippen LogP contribution < -0.4 is 10.1 Å². The third-order valence-electron chi connectivity index (χ3n) is 3.87. The molecule has 0 radical (unpaired) electrons. The van der Waals surface area contributed by atoms with E-state index in [-0.39, 0.29) is 11.7 Å². The lowest BCUT2D eigenvalue weighted by molar-refractivity contribution is -0.113. The van der Waals surface area contributed by atoms with E-state index in [1.54, 1.807) is 13.4 Å². The Morgan fingerprint density at radius 1 is 1.19 bits per heavy atom. The zero-order chi connectivity index (χ0) is 18.4. The summed E-state index contributed by atoms with van der Waals surface area (Å²) in [5.74, 6) is 0.970. The first kappa shape index (κ1) is 18.0. The molecule has 0 aliphatic heterocycles. The molecule has 3 aromatic rings. The minimum atomic E-state index is -0.0693. The molecule has 0 saturated heterocycles. The number of aromatic nitrogens is 3. The lowest BCUT2D eigenvalue weighted by Gasteiger charge is -2.10. The summed E-state index contributed by atoms with van der Waals surface area (Å²) in [6.45, 7) is 2.07. The number of para-hydroxylation sites is 1. The summed E-state index contributed by atoms with van der Waals surface area (Å²) in [5.41, 5.74) is 2.89.